The molecule has 0 fully saturated rings. The lowest BCUT2D eigenvalue weighted by molar-refractivity contribution is 0.208. The highest BCUT2D eigenvalue weighted by molar-refractivity contribution is 5.93. The average Bonchev–Trinajstić information content (AvgIpc) is 2.26. The van der Waals surface area contributed by atoms with Gasteiger partial charge in [-0.05, 0) is 37.1 Å². The first-order valence-corrected chi connectivity index (χ1v) is 5.51. The number of aryl methyl sites for hydroxylation is 2. The van der Waals surface area contributed by atoms with E-state index in [1.807, 2.05) is 12.1 Å². The highest BCUT2D eigenvalue weighted by atomic mass is 16.5. The molecule has 4 N–H and O–H groups in total. The number of anilines is 1. The van der Waals surface area contributed by atoms with E-state index < -0.39 is 0 Å². The Balaban J connectivity index is 2.69. The summed E-state index contributed by atoms with van der Waals surface area (Å²) in [6.07, 6.45) is 0. The molecule has 0 radical (unpaired) electrons. The molecule has 17 heavy (non-hydrogen) atoms. The number of hydrazine groups is 1. The van der Waals surface area contributed by atoms with Crippen LogP contribution in [0.5, 0.6) is 0 Å². The van der Waals surface area contributed by atoms with Crippen LogP contribution in [-0.4, -0.2) is 26.2 Å². The number of methoxy groups -OCH3 is 1. The molecule has 0 aromatic heterocycles. The van der Waals surface area contributed by atoms with Crippen molar-refractivity contribution in [3.05, 3.63) is 29.3 Å². The Labute approximate surface area is 102 Å². The molecule has 1 aromatic carbocycles. The molecule has 0 amide bonds. The van der Waals surface area contributed by atoms with Gasteiger partial charge in [0.25, 0.3) is 0 Å². The summed E-state index contributed by atoms with van der Waals surface area (Å²) in [5.41, 5.74) is 5.89. The number of nitrogens with one attached hydrogen (secondary N) is 2. The Morgan fingerprint density at radius 2 is 1.94 bits per heavy atom. The number of ether oxygens (including phenoxy) is 1. The van der Waals surface area contributed by atoms with Crippen LogP contribution in [0.2, 0.25) is 0 Å². The van der Waals surface area contributed by atoms with Gasteiger partial charge >= 0.3 is 0 Å². The number of benzene rings is 1. The summed E-state index contributed by atoms with van der Waals surface area (Å²) in [7, 11) is 1.64. The zero-order valence-corrected chi connectivity index (χ0v) is 10.6. The summed E-state index contributed by atoms with van der Waals surface area (Å²) >= 11 is 0. The maximum Gasteiger partial charge on any atom is 0.210 e. The Kier molecular flexibility index (Phi) is 5.45. The molecule has 0 aliphatic rings. The second-order valence-corrected chi connectivity index (χ2v) is 3.87. The molecule has 0 aliphatic heterocycles. The van der Waals surface area contributed by atoms with Gasteiger partial charge in [-0.2, -0.15) is 0 Å². The van der Waals surface area contributed by atoms with Crippen LogP contribution in [0.25, 0.3) is 0 Å². The first-order chi connectivity index (χ1) is 8.15. The lowest BCUT2D eigenvalue weighted by Gasteiger charge is -2.10. The van der Waals surface area contributed by atoms with Crippen LogP contribution < -0.4 is 16.6 Å². The molecule has 0 heterocycles. The fourth-order valence-corrected chi connectivity index (χ4v) is 1.55. The normalized spacial score (nSPS) is 11.4. The Bertz CT molecular complexity index is 370. The molecule has 0 bridgehead atoms. The van der Waals surface area contributed by atoms with E-state index in [1.165, 1.54) is 11.1 Å². The van der Waals surface area contributed by atoms with Crippen LogP contribution in [-0.2, 0) is 4.74 Å². The van der Waals surface area contributed by atoms with Crippen molar-refractivity contribution >= 4 is 11.6 Å². The Morgan fingerprint density at radius 1 is 1.29 bits per heavy atom. The van der Waals surface area contributed by atoms with Gasteiger partial charge in [-0.25, -0.2) is 10.8 Å². The number of nitrogens with two attached hydrogens (primary N) is 1. The topological polar surface area (TPSA) is 71.7 Å². The molecule has 0 aliphatic carbocycles. The Morgan fingerprint density at radius 3 is 2.47 bits per heavy atom. The Hall–Kier alpha value is -1.59. The molecule has 0 spiro atoms. The molecule has 0 saturated carbocycles. The fraction of sp³-hybridized carbons (Fsp3) is 0.417. The van der Waals surface area contributed by atoms with E-state index in [-0.39, 0.29) is 0 Å². The van der Waals surface area contributed by atoms with Crippen LogP contribution in [0, 0.1) is 13.8 Å². The zero-order valence-electron chi connectivity index (χ0n) is 10.6. The monoisotopic (exact) mass is 236 g/mol. The molecular weight excluding hydrogens is 216 g/mol. The quantitative estimate of drug-likeness (QED) is 0.241. The number of nitrogens with zero attached hydrogens (tertiary/aromatic N) is 1. The van der Waals surface area contributed by atoms with E-state index in [4.69, 9.17) is 10.6 Å². The summed E-state index contributed by atoms with van der Waals surface area (Å²) in [6.45, 7) is 5.24. The summed E-state index contributed by atoms with van der Waals surface area (Å²) < 4.78 is 4.92. The fourth-order valence-electron chi connectivity index (χ4n) is 1.55. The molecule has 0 saturated heterocycles. The number of hydrogen-bond acceptors (Lipinski definition) is 3. The maximum absolute atomic E-state index is 5.39. The molecular formula is C12H20N4O. The molecule has 0 unspecified atom stereocenters. The molecule has 94 valence electrons. The van der Waals surface area contributed by atoms with E-state index in [0.717, 1.165) is 5.69 Å². The van der Waals surface area contributed by atoms with Gasteiger partial charge in [-0.15, -0.1) is 0 Å². The van der Waals surface area contributed by atoms with Crippen molar-refractivity contribution in [3.8, 4) is 0 Å². The third-order valence-corrected chi connectivity index (χ3v) is 2.19. The van der Waals surface area contributed by atoms with Crippen molar-refractivity contribution in [1.82, 2.24) is 5.43 Å². The number of rotatable bonds is 4. The van der Waals surface area contributed by atoms with Gasteiger partial charge in [0.05, 0.1) is 13.2 Å². The lowest BCUT2D eigenvalue weighted by atomic mass is 10.1. The van der Waals surface area contributed by atoms with Crippen LogP contribution in [0.15, 0.2) is 23.2 Å². The minimum atomic E-state index is 0.534. The third kappa shape index (κ3) is 4.84. The second-order valence-electron chi connectivity index (χ2n) is 3.87. The summed E-state index contributed by atoms with van der Waals surface area (Å²) in [5.74, 6) is 5.93. The van der Waals surface area contributed by atoms with Crippen LogP contribution in [0.4, 0.5) is 5.69 Å². The molecule has 1 aromatic rings. The van der Waals surface area contributed by atoms with E-state index in [1.54, 1.807) is 7.11 Å². The summed E-state index contributed by atoms with van der Waals surface area (Å²) in [4.78, 5) is 4.23. The van der Waals surface area contributed by atoms with Crippen LogP contribution in [0.1, 0.15) is 11.1 Å². The van der Waals surface area contributed by atoms with E-state index in [0.29, 0.717) is 19.1 Å². The predicted octanol–water partition coefficient (Wildman–Crippen LogP) is 1.18. The summed E-state index contributed by atoms with van der Waals surface area (Å²) in [6, 6.07) is 6.19. The zero-order chi connectivity index (χ0) is 12.7. The van der Waals surface area contributed by atoms with Crippen LogP contribution >= 0.6 is 0 Å². The lowest BCUT2D eigenvalue weighted by Crippen LogP contribution is -2.36. The smallest absolute Gasteiger partial charge is 0.210 e. The minimum absolute atomic E-state index is 0.534. The summed E-state index contributed by atoms with van der Waals surface area (Å²) in [5, 5.41) is 3.13. The van der Waals surface area contributed by atoms with Gasteiger partial charge in [0.15, 0.2) is 0 Å². The van der Waals surface area contributed by atoms with Crippen molar-refractivity contribution in [2.45, 2.75) is 13.8 Å². The minimum Gasteiger partial charge on any atom is -0.383 e. The van der Waals surface area contributed by atoms with E-state index in [9.17, 15) is 0 Å². The van der Waals surface area contributed by atoms with Gasteiger partial charge in [0.2, 0.25) is 5.96 Å². The SMILES string of the molecule is COCCN=C(NN)Nc1cc(C)cc(C)c1. The predicted molar refractivity (Wildman–Crippen MR) is 71.0 cm³/mol. The molecule has 1 rings (SSSR count). The van der Waals surface area contributed by atoms with Crippen molar-refractivity contribution < 1.29 is 4.74 Å². The first kappa shape index (κ1) is 13.5. The number of aliphatic imine (C=N–C) groups is 1. The number of hydrogen-bond donors (Lipinski definition) is 3. The second kappa shape index (κ2) is 6.88. The van der Waals surface area contributed by atoms with Gasteiger partial charge in [-0.3, -0.25) is 5.43 Å². The van der Waals surface area contributed by atoms with Gasteiger partial charge < -0.3 is 10.1 Å². The van der Waals surface area contributed by atoms with Gasteiger partial charge in [0.1, 0.15) is 0 Å². The maximum atomic E-state index is 5.39. The molecule has 5 nitrogen and oxygen atoms in total. The van der Waals surface area contributed by atoms with Crippen LogP contribution in [0.3, 0.4) is 0 Å². The molecule has 5 heteroatoms. The van der Waals surface area contributed by atoms with Crippen molar-refractivity contribution in [2.75, 3.05) is 25.6 Å². The highest BCUT2D eigenvalue weighted by Gasteiger charge is 1.99. The van der Waals surface area contributed by atoms with Crippen molar-refractivity contribution in [1.29, 1.82) is 0 Å². The van der Waals surface area contributed by atoms with Crippen molar-refractivity contribution in [2.24, 2.45) is 10.8 Å². The standard InChI is InChI=1S/C12H20N4O/c1-9-6-10(2)8-11(7-9)15-12(16-13)14-4-5-17-3/h6-8H,4-5,13H2,1-3H3,(H2,14,15,16). The highest BCUT2D eigenvalue weighted by Crippen LogP contribution is 2.13. The van der Waals surface area contributed by atoms with Gasteiger partial charge in [0, 0.05) is 12.8 Å². The van der Waals surface area contributed by atoms with E-state index in [2.05, 4.69) is 35.6 Å². The largest absolute Gasteiger partial charge is 0.383 e. The van der Waals surface area contributed by atoms with Crippen molar-refractivity contribution in [3.63, 3.8) is 0 Å². The number of guanidine groups is 1. The first-order valence-electron chi connectivity index (χ1n) is 5.51. The van der Waals surface area contributed by atoms with Gasteiger partial charge in [-0.1, -0.05) is 6.07 Å². The average molecular weight is 236 g/mol. The molecule has 0 atom stereocenters. The third-order valence-electron chi connectivity index (χ3n) is 2.19. The van der Waals surface area contributed by atoms with E-state index >= 15 is 0 Å².